The largest absolute Gasteiger partial charge is 0.390 e. The molecule has 0 amide bonds. The predicted octanol–water partition coefficient (Wildman–Crippen LogP) is 1.92. The molecule has 3 nitrogen and oxygen atoms in total. The first-order valence-corrected chi connectivity index (χ1v) is 5.71. The Morgan fingerprint density at radius 1 is 1.60 bits per heavy atom. The molecule has 0 saturated carbocycles. The van der Waals surface area contributed by atoms with Crippen LogP contribution in [0.4, 0.5) is 0 Å². The maximum absolute atomic E-state index is 12.3. The average Bonchev–Trinajstić information content (AvgIpc) is 2.21. The van der Waals surface area contributed by atoms with Crippen LogP contribution in [0.2, 0.25) is 0 Å². The second-order valence-corrected chi connectivity index (χ2v) is 5.18. The highest BCUT2D eigenvalue weighted by atomic mass is 16.5. The van der Waals surface area contributed by atoms with Gasteiger partial charge < -0.3 is 9.84 Å². The van der Waals surface area contributed by atoms with Crippen LogP contribution in [-0.2, 0) is 9.53 Å². The predicted molar refractivity (Wildman–Crippen MR) is 58.7 cm³/mol. The maximum atomic E-state index is 12.3. The molecule has 1 N–H and O–H groups in total. The molecule has 1 fully saturated rings. The van der Waals surface area contributed by atoms with Gasteiger partial charge in [-0.15, -0.1) is 0 Å². The van der Waals surface area contributed by atoms with E-state index in [1.165, 1.54) is 0 Å². The maximum Gasteiger partial charge on any atom is 0.172 e. The second-order valence-electron chi connectivity index (χ2n) is 5.18. The number of aliphatic hydroxyl groups excluding tert-OH is 1. The van der Waals surface area contributed by atoms with Crippen molar-refractivity contribution in [3.05, 3.63) is 0 Å². The van der Waals surface area contributed by atoms with Crippen LogP contribution in [-0.4, -0.2) is 29.2 Å². The lowest BCUT2D eigenvalue weighted by molar-refractivity contribution is -0.178. The van der Waals surface area contributed by atoms with E-state index in [2.05, 4.69) is 0 Å². The van der Waals surface area contributed by atoms with Gasteiger partial charge in [-0.05, 0) is 26.2 Å². The lowest BCUT2D eigenvalue weighted by atomic mass is 9.74. The molecule has 0 aromatic carbocycles. The van der Waals surface area contributed by atoms with Crippen LogP contribution >= 0.6 is 0 Å². The summed E-state index contributed by atoms with van der Waals surface area (Å²) in [5, 5.41) is 9.91. The molecule has 0 unspecified atom stereocenters. The van der Waals surface area contributed by atoms with E-state index >= 15 is 0 Å². The highest BCUT2D eigenvalue weighted by Gasteiger charge is 2.48. The molecule has 1 heterocycles. The highest BCUT2D eigenvalue weighted by Crippen LogP contribution is 2.34. The number of ether oxygens (including phenoxy) is 1. The van der Waals surface area contributed by atoms with Gasteiger partial charge in [0.1, 0.15) is 5.60 Å². The van der Waals surface area contributed by atoms with Crippen LogP contribution in [0.25, 0.3) is 0 Å². The molecule has 1 rings (SSSR count). The topological polar surface area (TPSA) is 46.5 Å². The third-order valence-electron chi connectivity index (χ3n) is 3.61. The van der Waals surface area contributed by atoms with E-state index in [4.69, 9.17) is 4.74 Å². The molecule has 1 saturated heterocycles. The summed E-state index contributed by atoms with van der Waals surface area (Å²) in [5.74, 6) is 0.0182. The summed E-state index contributed by atoms with van der Waals surface area (Å²) < 4.78 is 5.53. The third-order valence-corrected chi connectivity index (χ3v) is 3.61. The second kappa shape index (κ2) is 4.22. The Morgan fingerprint density at radius 3 is 2.67 bits per heavy atom. The molecule has 1 aliphatic heterocycles. The summed E-state index contributed by atoms with van der Waals surface area (Å²) in [6, 6.07) is 0. The van der Waals surface area contributed by atoms with E-state index in [0.717, 1.165) is 12.8 Å². The zero-order valence-corrected chi connectivity index (χ0v) is 10.2. The van der Waals surface area contributed by atoms with Gasteiger partial charge in [-0.1, -0.05) is 20.8 Å². The van der Waals surface area contributed by atoms with Gasteiger partial charge in [-0.2, -0.15) is 0 Å². The first-order valence-electron chi connectivity index (χ1n) is 5.71. The zero-order valence-electron chi connectivity index (χ0n) is 10.2. The van der Waals surface area contributed by atoms with Gasteiger partial charge in [0.05, 0.1) is 6.10 Å². The van der Waals surface area contributed by atoms with Gasteiger partial charge in [0.2, 0.25) is 0 Å². The Labute approximate surface area is 91.8 Å². The van der Waals surface area contributed by atoms with Crippen LogP contribution in [0.1, 0.15) is 47.0 Å². The van der Waals surface area contributed by atoms with Gasteiger partial charge >= 0.3 is 0 Å². The van der Waals surface area contributed by atoms with Crippen LogP contribution in [0, 0.1) is 5.41 Å². The molecule has 1 aliphatic rings. The van der Waals surface area contributed by atoms with E-state index in [1.54, 1.807) is 6.92 Å². The molecule has 0 aromatic rings. The van der Waals surface area contributed by atoms with E-state index in [1.807, 2.05) is 20.8 Å². The van der Waals surface area contributed by atoms with Gasteiger partial charge in [0.15, 0.2) is 5.78 Å². The Kier molecular flexibility index (Phi) is 3.56. The lowest BCUT2D eigenvalue weighted by Crippen LogP contribution is -2.56. The molecule has 2 atom stereocenters. The molecule has 0 aromatic heterocycles. The molecular weight excluding hydrogens is 192 g/mol. The molecule has 15 heavy (non-hydrogen) atoms. The summed E-state index contributed by atoms with van der Waals surface area (Å²) in [6.45, 7) is 8.09. The first kappa shape index (κ1) is 12.7. The lowest BCUT2D eigenvalue weighted by Gasteiger charge is -2.41. The van der Waals surface area contributed by atoms with Crippen molar-refractivity contribution >= 4 is 5.78 Å². The molecule has 88 valence electrons. The average molecular weight is 214 g/mol. The van der Waals surface area contributed by atoms with Crippen molar-refractivity contribution in [1.82, 2.24) is 0 Å². The number of aliphatic hydroxyl groups is 1. The Bertz CT molecular complexity index is 247. The molecule has 0 radical (unpaired) electrons. The van der Waals surface area contributed by atoms with Crippen LogP contribution < -0.4 is 0 Å². The summed E-state index contributed by atoms with van der Waals surface area (Å²) in [7, 11) is 0. The molecule has 0 spiro atoms. The molecule has 0 bridgehead atoms. The zero-order chi connectivity index (χ0) is 11.7. The number of rotatable bonds is 3. The van der Waals surface area contributed by atoms with Crippen LogP contribution in [0.5, 0.6) is 0 Å². The Hall–Kier alpha value is -0.410. The van der Waals surface area contributed by atoms with Crippen molar-refractivity contribution < 1.29 is 14.6 Å². The number of hydrogen-bond donors (Lipinski definition) is 1. The summed E-state index contributed by atoms with van der Waals surface area (Å²) in [6.07, 6.45) is 1.58. The minimum atomic E-state index is -1.00. The van der Waals surface area contributed by atoms with Crippen LogP contribution in [0.3, 0.4) is 0 Å². The van der Waals surface area contributed by atoms with E-state index in [0.29, 0.717) is 13.0 Å². The fourth-order valence-corrected chi connectivity index (χ4v) is 1.98. The van der Waals surface area contributed by atoms with Crippen molar-refractivity contribution in [3.8, 4) is 0 Å². The first-order chi connectivity index (χ1) is 6.84. The van der Waals surface area contributed by atoms with Crippen molar-refractivity contribution in [2.75, 3.05) is 6.61 Å². The Morgan fingerprint density at radius 2 is 2.20 bits per heavy atom. The summed E-state index contributed by atoms with van der Waals surface area (Å²) in [4.78, 5) is 12.3. The van der Waals surface area contributed by atoms with Gasteiger partial charge in [0, 0.05) is 12.0 Å². The SMILES string of the molecule is CCC(C)(C)C(=O)[C@@]1(C)OCCC[C@H]1O. The van der Waals surface area contributed by atoms with Gasteiger partial charge in [0.25, 0.3) is 0 Å². The molecule has 3 heteroatoms. The smallest absolute Gasteiger partial charge is 0.172 e. The molecular formula is C12H22O3. The fourth-order valence-electron chi connectivity index (χ4n) is 1.98. The number of carbonyl (C=O) groups excluding carboxylic acids is 1. The quantitative estimate of drug-likeness (QED) is 0.780. The number of carbonyl (C=O) groups is 1. The van der Waals surface area contributed by atoms with E-state index in [-0.39, 0.29) is 5.78 Å². The normalized spacial score (nSPS) is 32.7. The fraction of sp³-hybridized carbons (Fsp3) is 0.917. The van der Waals surface area contributed by atoms with E-state index in [9.17, 15) is 9.90 Å². The van der Waals surface area contributed by atoms with Crippen molar-refractivity contribution in [3.63, 3.8) is 0 Å². The van der Waals surface area contributed by atoms with Gasteiger partial charge in [-0.25, -0.2) is 0 Å². The Balaban J connectivity index is 2.89. The third kappa shape index (κ3) is 2.23. The minimum Gasteiger partial charge on any atom is -0.390 e. The highest BCUT2D eigenvalue weighted by molar-refractivity contribution is 5.92. The van der Waals surface area contributed by atoms with E-state index < -0.39 is 17.1 Å². The number of hydrogen-bond acceptors (Lipinski definition) is 3. The van der Waals surface area contributed by atoms with Crippen molar-refractivity contribution in [1.29, 1.82) is 0 Å². The standard InChI is InChI=1S/C12H22O3/c1-5-11(2,3)10(14)12(4)9(13)7-6-8-15-12/h9,13H,5-8H2,1-4H3/t9-,12+/m1/s1. The van der Waals surface area contributed by atoms with Crippen molar-refractivity contribution in [2.24, 2.45) is 5.41 Å². The monoisotopic (exact) mass is 214 g/mol. The summed E-state index contributed by atoms with van der Waals surface area (Å²) in [5.41, 5.74) is -1.43. The number of Topliss-reactive ketones (excluding diaryl/α,β-unsaturated/α-hetero) is 1. The van der Waals surface area contributed by atoms with Crippen LogP contribution in [0.15, 0.2) is 0 Å². The minimum absolute atomic E-state index is 0.0182. The molecule has 0 aliphatic carbocycles. The van der Waals surface area contributed by atoms with Crippen molar-refractivity contribution in [2.45, 2.75) is 58.7 Å². The van der Waals surface area contributed by atoms with Gasteiger partial charge in [-0.3, -0.25) is 4.79 Å². The summed E-state index contributed by atoms with van der Waals surface area (Å²) >= 11 is 0. The number of ketones is 1.